The van der Waals surface area contributed by atoms with E-state index in [9.17, 15) is 4.39 Å². The summed E-state index contributed by atoms with van der Waals surface area (Å²) in [6, 6.07) is 14.5. The molecule has 0 atom stereocenters. The Morgan fingerprint density at radius 1 is 1.05 bits per heavy atom. The summed E-state index contributed by atoms with van der Waals surface area (Å²) in [5, 5.41) is 3.20. The molecule has 2 rings (SSSR count). The highest BCUT2D eigenvalue weighted by Gasteiger charge is 2.13. The maximum Gasteiger partial charge on any atom is 0.123 e. The standard InChI is InChI=1S/C18H22FNO/c1-18(2,3)14-5-4-6-17(13-14)21-12-11-20-16-9-7-15(19)8-10-16/h4-10,13,20H,11-12H2,1-3H3. The van der Waals surface area contributed by atoms with Gasteiger partial charge in [-0.1, -0.05) is 32.9 Å². The van der Waals surface area contributed by atoms with Crippen LogP contribution in [0.4, 0.5) is 10.1 Å². The van der Waals surface area contributed by atoms with Gasteiger partial charge in [0.1, 0.15) is 18.2 Å². The summed E-state index contributed by atoms with van der Waals surface area (Å²) in [4.78, 5) is 0. The summed E-state index contributed by atoms with van der Waals surface area (Å²) in [5.41, 5.74) is 2.26. The Kier molecular flexibility index (Phi) is 4.84. The molecule has 3 heteroatoms. The van der Waals surface area contributed by atoms with Gasteiger partial charge in [0.05, 0.1) is 0 Å². The molecule has 2 aromatic carbocycles. The molecule has 0 aliphatic carbocycles. The largest absolute Gasteiger partial charge is 0.492 e. The second-order valence-electron chi connectivity index (χ2n) is 6.06. The Bertz CT molecular complexity index is 573. The summed E-state index contributed by atoms with van der Waals surface area (Å²) < 4.78 is 18.5. The molecule has 0 saturated heterocycles. The van der Waals surface area contributed by atoms with Crippen LogP contribution in [0.15, 0.2) is 48.5 Å². The monoisotopic (exact) mass is 287 g/mol. The highest BCUT2D eigenvalue weighted by molar-refractivity contribution is 5.42. The first-order valence-electron chi connectivity index (χ1n) is 7.18. The molecular formula is C18H22FNO. The Morgan fingerprint density at radius 3 is 2.43 bits per heavy atom. The summed E-state index contributed by atoms with van der Waals surface area (Å²) >= 11 is 0. The smallest absolute Gasteiger partial charge is 0.123 e. The highest BCUT2D eigenvalue weighted by atomic mass is 19.1. The Balaban J connectivity index is 1.82. The minimum Gasteiger partial charge on any atom is -0.492 e. The average Bonchev–Trinajstić information content (AvgIpc) is 2.45. The van der Waals surface area contributed by atoms with Crippen LogP contribution in [-0.4, -0.2) is 13.2 Å². The van der Waals surface area contributed by atoms with Crippen molar-refractivity contribution < 1.29 is 9.13 Å². The van der Waals surface area contributed by atoms with Crippen molar-refractivity contribution in [2.45, 2.75) is 26.2 Å². The van der Waals surface area contributed by atoms with Gasteiger partial charge < -0.3 is 10.1 Å². The number of benzene rings is 2. The lowest BCUT2D eigenvalue weighted by Gasteiger charge is -2.19. The zero-order chi connectivity index (χ0) is 15.3. The first kappa shape index (κ1) is 15.4. The van der Waals surface area contributed by atoms with E-state index in [0.29, 0.717) is 13.2 Å². The molecule has 2 nitrogen and oxygen atoms in total. The van der Waals surface area contributed by atoms with Crippen LogP contribution in [0.5, 0.6) is 5.75 Å². The Labute approximate surface area is 126 Å². The van der Waals surface area contributed by atoms with Crippen LogP contribution in [0.2, 0.25) is 0 Å². The van der Waals surface area contributed by atoms with Gasteiger partial charge >= 0.3 is 0 Å². The molecule has 0 saturated carbocycles. The third kappa shape index (κ3) is 4.78. The van der Waals surface area contributed by atoms with E-state index in [4.69, 9.17) is 4.74 Å². The van der Waals surface area contributed by atoms with Crippen LogP contribution in [0.1, 0.15) is 26.3 Å². The van der Waals surface area contributed by atoms with Crippen LogP contribution >= 0.6 is 0 Å². The number of nitrogens with one attached hydrogen (secondary N) is 1. The second kappa shape index (κ2) is 6.61. The van der Waals surface area contributed by atoms with Crippen LogP contribution < -0.4 is 10.1 Å². The molecule has 0 unspecified atom stereocenters. The molecule has 112 valence electrons. The highest BCUT2D eigenvalue weighted by Crippen LogP contribution is 2.25. The van der Waals surface area contributed by atoms with E-state index in [1.54, 1.807) is 12.1 Å². The number of halogens is 1. The van der Waals surface area contributed by atoms with Crippen molar-refractivity contribution >= 4 is 5.69 Å². The van der Waals surface area contributed by atoms with Gasteiger partial charge in [-0.3, -0.25) is 0 Å². The first-order chi connectivity index (χ1) is 9.95. The fraction of sp³-hybridized carbons (Fsp3) is 0.333. The summed E-state index contributed by atoms with van der Waals surface area (Å²) in [5.74, 6) is 0.652. The van der Waals surface area contributed by atoms with E-state index < -0.39 is 0 Å². The van der Waals surface area contributed by atoms with Gasteiger partial charge in [-0.2, -0.15) is 0 Å². The van der Waals surface area contributed by atoms with Gasteiger partial charge in [-0.05, 0) is 47.4 Å². The van der Waals surface area contributed by atoms with Gasteiger partial charge in [0.2, 0.25) is 0 Å². The fourth-order valence-electron chi connectivity index (χ4n) is 1.98. The number of hydrogen-bond donors (Lipinski definition) is 1. The van der Waals surface area contributed by atoms with Crippen LogP contribution in [0, 0.1) is 5.82 Å². The van der Waals surface area contributed by atoms with Crippen LogP contribution in [-0.2, 0) is 5.41 Å². The zero-order valence-corrected chi connectivity index (χ0v) is 12.8. The number of hydrogen-bond acceptors (Lipinski definition) is 2. The van der Waals surface area contributed by atoms with Gasteiger partial charge in [0.15, 0.2) is 0 Å². The lowest BCUT2D eigenvalue weighted by atomic mass is 9.87. The van der Waals surface area contributed by atoms with Gasteiger partial charge in [-0.25, -0.2) is 4.39 Å². The SMILES string of the molecule is CC(C)(C)c1cccc(OCCNc2ccc(F)cc2)c1. The number of anilines is 1. The summed E-state index contributed by atoms with van der Waals surface area (Å²) in [7, 11) is 0. The van der Waals surface area contributed by atoms with Gasteiger partial charge in [0.25, 0.3) is 0 Å². The zero-order valence-electron chi connectivity index (χ0n) is 12.8. The van der Waals surface area contributed by atoms with Crippen molar-refractivity contribution in [1.82, 2.24) is 0 Å². The van der Waals surface area contributed by atoms with E-state index in [-0.39, 0.29) is 11.2 Å². The van der Waals surface area contributed by atoms with Gasteiger partial charge in [-0.15, -0.1) is 0 Å². The van der Waals surface area contributed by atoms with Crippen molar-refractivity contribution in [1.29, 1.82) is 0 Å². The minimum atomic E-state index is -0.226. The van der Waals surface area contributed by atoms with Crippen LogP contribution in [0.25, 0.3) is 0 Å². The molecule has 1 N–H and O–H groups in total. The van der Waals surface area contributed by atoms with Crippen molar-refractivity contribution in [3.63, 3.8) is 0 Å². The van der Waals surface area contributed by atoms with E-state index in [0.717, 1.165) is 11.4 Å². The number of ether oxygens (including phenoxy) is 1. The minimum absolute atomic E-state index is 0.117. The predicted octanol–water partition coefficient (Wildman–Crippen LogP) is 4.61. The Morgan fingerprint density at radius 2 is 1.76 bits per heavy atom. The maximum absolute atomic E-state index is 12.8. The van der Waals surface area contributed by atoms with E-state index in [1.807, 2.05) is 12.1 Å². The summed E-state index contributed by atoms with van der Waals surface area (Å²) in [6.07, 6.45) is 0. The molecule has 0 spiro atoms. The molecule has 2 aromatic rings. The maximum atomic E-state index is 12.8. The molecule has 0 aliphatic rings. The average molecular weight is 287 g/mol. The predicted molar refractivity (Wildman–Crippen MR) is 85.5 cm³/mol. The van der Waals surface area contributed by atoms with E-state index in [1.165, 1.54) is 17.7 Å². The third-order valence-electron chi connectivity index (χ3n) is 3.24. The topological polar surface area (TPSA) is 21.3 Å². The molecular weight excluding hydrogens is 265 g/mol. The molecule has 0 aliphatic heterocycles. The van der Waals surface area contributed by atoms with Crippen LogP contribution in [0.3, 0.4) is 0 Å². The molecule has 0 amide bonds. The molecule has 0 bridgehead atoms. The lowest BCUT2D eigenvalue weighted by molar-refractivity contribution is 0.332. The lowest BCUT2D eigenvalue weighted by Crippen LogP contribution is -2.13. The summed E-state index contributed by atoms with van der Waals surface area (Å²) in [6.45, 7) is 7.78. The quantitative estimate of drug-likeness (QED) is 0.811. The normalized spacial score (nSPS) is 11.2. The van der Waals surface area contributed by atoms with Crippen molar-refractivity contribution in [3.8, 4) is 5.75 Å². The van der Waals surface area contributed by atoms with E-state index >= 15 is 0 Å². The third-order valence-corrected chi connectivity index (χ3v) is 3.24. The van der Waals surface area contributed by atoms with Gasteiger partial charge in [0, 0.05) is 12.2 Å². The molecule has 0 radical (unpaired) electrons. The van der Waals surface area contributed by atoms with Crippen molar-refractivity contribution in [2.75, 3.05) is 18.5 Å². The van der Waals surface area contributed by atoms with Crippen molar-refractivity contribution in [2.24, 2.45) is 0 Å². The first-order valence-corrected chi connectivity index (χ1v) is 7.18. The number of rotatable bonds is 5. The molecule has 0 aromatic heterocycles. The fourth-order valence-corrected chi connectivity index (χ4v) is 1.98. The second-order valence-corrected chi connectivity index (χ2v) is 6.06. The Hall–Kier alpha value is -2.03. The molecule has 21 heavy (non-hydrogen) atoms. The molecule has 0 fully saturated rings. The molecule has 0 heterocycles. The van der Waals surface area contributed by atoms with E-state index in [2.05, 4.69) is 38.2 Å². The van der Waals surface area contributed by atoms with Crippen molar-refractivity contribution in [3.05, 3.63) is 59.9 Å².